The number of aliphatic hydroxyl groups is 1. The predicted molar refractivity (Wildman–Crippen MR) is 279 cm³/mol. The summed E-state index contributed by atoms with van der Waals surface area (Å²) in [6, 6.07) is 16.6. The molecule has 16 nitrogen and oxygen atoms in total. The molecule has 2 aromatic carbocycles. The first-order valence-electron chi connectivity index (χ1n) is 24.7. The summed E-state index contributed by atoms with van der Waals surface area (Å²) >= 11 is 7.84. The molecule has 3 fully saturated rings. The number of benzene rings is 2. The van der Waals surface area contributed by atoms with Crippen LogP contribution in [0, 0.1) is 34.5 Å². The molecule has 72 heavy (non-hydrogen) atoms. The third kappa shape index (κ3) is 11.7. The van der Waals surface area contributed by atoms with Gasteiger partial charge in [-0.05, 0) is 68.5 Å². The van der Waals surface area contributed by atoms with Crippen LogP contribution in [0.5, 0.6) is 5.75 Å². The average molecular weight is 1020 g/mol. The van der Waals surface area contributed by atoms with Gasteiger partial charge in [0.15, 0.2) is 0 Å². The zero-order chi connectivity index (χ0) is 52.4. The molecule has 2 aliphatic heterocycles. The molecule has 0 radical (unpaired) electrons. The molecular weight excluding hydrogens is 954 g/mol. The van der Waals surface area contributed by atoms with E-state index in [1.165, 1.54) is 4.90 Å². The normalized spacial score (nSPS) is 23.6. The number of amides is 4. The number of aromatic nitrogens is 2. The number of β-amino-alcohol motifs (C(OH)–C–C–N with tert-alkyl or cyclic N) is 1. The smallest absolute Gasteiger partial charge is 0.253 e. The maximum Gasteiger partial charge on any atom is 0.253 e. The number of aryl methyl sites for hydroxylation is 1. The molecular formula is C54H70ClN9O7S. The van der Waals surface area contributed by atoms with Crippen LogP contribution in [-0.4, -0.2) is 130 Å². The van der Waals surface area contributed by atoms with Crippen LogP contribution in [0.1, 0.15) is 109 Å². The summed E-state index contributed by atoms with van der Waals surface area (Å²) in [6.07, 6.45) is 0.594. The monoisotopic (exact) mass is 1020 g/mol. The summed E-state index contributed by atoms with van der Waals surface area (Å²) in [5.41, 5.74) is 4.03. The Kier molecular flexibility index (Phi) is 16.4. The van der Waals surface area contributed by atoms with Gasteiger partial charge in [0.25, 0.3) is 5.91 Å². The van der Waals surface area contributed by atoms with Gasteiger partial charge in [0.1, 0.15) is 42.4 Å². The number of hydrogen-bond acceptors (Lipinski definition) is 13. The molecule has 2 aromatic heterocycles. The molecule has 0 unspecified atom stereocenters. The number of anilines is 1. The van der Waals surface area contributed by atoms with Crippen molar-refractivity contribution < 1.29 is 33.8 Å². The molecule has 386 valence electrons. The van der Waals surface area contributed by atoms with E-state index in [0.29, 0.717) is 41.5 Å². The van der Waals surface area contributed by atoms with Crippen molar-refractivity contribution in [3.8, 4) is 22.3 Å². The third-order valence-electron chi connectivity index (χ3n) is 14.7. The number of aliphatic hydroxyl groups excluding tert-OH is 1. The minimum atomic E-state index is -0.975. The SMILES string of the molecule is Cc1ncsc1-c1ccc([C@H](C)NC(=O)[C@@H]2C[C@@H](O)CN2C(=O)[C@@H](NC(=O)COCCN2[C@H](C)CN(c3ccc(C(=O)NC4C(C)(C)C(Oc5ccc(C#N)c(Cl)c5)C4(C)C)cn3)C[C@@H]2C)C(C)(C)C)cc1. The Morgan fingerprint density at radius 1 is 0.972 bits per heavy atom. The van der Waals surface area contributed by atoms with Gasteiger partial charge < -0.3 is 40.3 Å². The number of thiazole rings is 1. The molecule has 18 heteroatoms. The van der Waals surface area contributed by atoms with Gasteiger partial charge in [0, 0.05) is 73.8 Å². The summed E-state index contributed by atoms with van der Waals surface area (Å²) in [5, 5.41) is 29.5. The average Bonchev–Trinajstić information content (AvgIpc) is 3.95. The van der Waals surface area contributed by atoms with E-state index in [1.807, 2.05) is 70.5 Å². The molecule has 0 spiro atoms. The van der Waals surface area contributed by atoms with Gasteiger partial charge in [0.2, 0.25) is 17.7 Å². The fourth-order valence-electron chi connectivity index (χ4n) is 11.1. The number of nitrogens with one attached hydrogen (secondary N) is 3. The van der Waals surface area contributed by atoms with Gasteiger partial charge in [-0.25, -0.2) is 9.97 Å². The van der Waals surface area contributed by atoms with E-state index < -0.39 is 46.2 Å². The van der Waals surface area contributed by atoms with Crippen molar-refractivity contribution in [2.24, 2.45) is 16.2 Å². The van der Waals surface area contributed by atoms with Crippen LogP contribution in [0.15, 0.2) is 66.3 Å². The van der Waals surface area contributed by atoms with Crippen LogP contribution in [-0.2, 0) is 19.1 Å². The number of hydrogen-bond donors (Lipinski definition) is 4. The summed E-state index contributed by atoms with van der Waals surface area (Å²) in [6.45, 7) is 23.9. The molecule has 4 N–H and O–H groups in total. The van der Waals surface area contributed by atoms with E-state index in [-0.39, 0.29) is 68.3 Å². The number of carbonyl (C=O) groups is 4. The highest BCUT2D eigenvalue weighted by atomic mass is 35.5. The minimum absolute atomic E-state index is 0.0226. The van der Waals surface area contributed by atoms with Gasteiger partial charge in [0.05, 0.1) is 51.0 Å². The Morgan fingerprint density at radius 3 is 2.24 bits per heavy atom. The first-order chi connectivity index (χ1) is 33.9. The molecule has 1 saturated carbocycles. The molecule has 4 heterocycles. The van der Waals surface area contributed by atoms with Crippen LogP contribution in [0.2, 0.25) is 5.02 Å². The molecule has 0 bridgehead atoms. The molecule has 2 saturated heterocycles. The fourth-order valence-corrected chi connectivity index (χ4v) is 12.1. The van der Waals surface area contributed by atoms with Crippen LogP contribution in [0.4, 0.5) is 5.82 Å². The zero-order valence-electron chi connectivity index (χ0n) is 43.3. The molecule has 3 aliphatic rings. The maximum absolute atomic E-state index is 14.2. The van der Waals surface area contributed by atoms with Crippen LogP contribution in [0.25, 0.3) is 10.4 Å². The van der Waals surface area contributed by atoms with Crippen molar-refractivity contribution in [1.82, 2.24) is 35.7 Å². The van der Waals surface area contributed by atoms with Gasteiger partial charge >= 0.3 is 0 Å². The van der Waals surface area contributed by atoms with E-state index >= 15 is 0 Å². The van der Waals surface area contributed by atoms with Crippen molar-refractivity contribution in [2.75, 3.05) is 44.3 Å². The van der Waals surface area contributed by atoms with Gasteiger partial charge in [-0.2, -0.15) is 5.26 Å². The second kappa shape index (κ2) is 21.8. The van der Waals surface area contributed by atoms with Crippen LogP contribution in [0.3, 0.4) is 0 Å². The molecule has 6 atom stereocenters. The zero-order valence-corrected chi connectivity index (χ0v) is 44.9. The maximum atomic E-state index is 14.2. The van der Waals surface area contributed by atoms with Crippen molar-refractivity contribution in [1.29, 1.82) is 5.26 Å². The number of nitrogens with zero attached hydrogens (tertiary/aromatic N) is 6. The van der Waals surface area contributed by atoms with E-state index in [0.717, 1.165) is 27.5 Å². The molecule has 7 rings (SSSR count). The molecule has 1 aliphatic carbocycles. The first-order valence-corrected chi connectivity index (χ1v) is 26.0. The van der Waals surface area contributed by atoms with Crippen molar-refractivity contribution in [3.05, 3.63) is 93.7 Å². The summed E-state index contributed by atoms with van der Waals surface area (Å²) in [4.78, 5) is 71.0. The Balaban J connectivity index is 0.861. The number of nitriles is 1. The number of pyridine rings is 1. The highest BCUT2D eigenvalue weighted by Gasteiger charge is 2.64. The van der Waals surface area contributed by atoms with E-state index in [1.54, 1.807) is 41.8 Å². The third-order valence-corrected chi connectivity index (χ3v) is 15.9. The van der Waals surface area contributed by atoms with E-state index in [2.05, 4.69) is 78.3 Å². The number of piperazine rings is 1. The lowest BCUT2D eigenvalue weighted by Crippen LogP contribution is -2.74. The summed E-state index contributed by atoms with van der Waals surface area (Å²) in [5.74, 6) is -0.133. The van der Waals surface area contributed by atoms with E-state index in [4.69, 9.17) is 26.1 Å². The van der Waals surface area contributed by atoms with Gasteiger partial charge in [-0.1, -0.05) is 84.3 Å². The fraction of sp³-hybridized carbons (Fsp3) is 0.537. The largest absolute Gasteiger partial charge is 0.489 e. The Labute approximate surface area is 432 Å². The number of likely N-dealkylation sites (tertiary alicyclic amines) is 1. The van der Waals surface area contributed by atoms with Crippen LogP contribution < -0.4 is 25.6 Å². The second-order valence-electron chi connectivity index (χ2n) is 22.0. The highest BCUT2D eigenvalue weighted by molar-refractivity contribution is 7.13. The number of halogens is 1. The molecule has 4 aromatic rings. The summed E-state index contributed by atoms with van der Waals surface area (Å²) < 4.78 is 12.3. The van der Waals surface area contributed by atoms with Crippen molar-refractivity contribution >= 4 is 52.4 Å². The van der Waals surface area contributed by atoms with Crippen molar-refractivity contribution in [2.45, 2.75) is 131 Å². The number of carbonyl (C=O) groups excluding carboxylic acids is 4. The Hall–Kier alpha value is -5.64. The molecule has 4 amide bonds. The van der Waals surface area contributed by atoms with Crippen molar-refractivity contribution in [3.63, 3.8) is 0 Å². The number of ether oxygens (including phenoxy) is 2. The topological polar surface area (TPSA) is 202 Å². The Bertz CT molecular complexity index is 2620. The minimum Gasteiger partial charge on any atom is -0.489 e. The number of rotatable bonds is 16. The van der Waals surface area contributed by atoms with Gasteiger partial charge in [-0.3, -0.25) is 24.1 Å². The Morgan fingerprint density at radius 2 is 1.65 bits per heavy atom. The lowest BCUT2D eigenvalue weighted by Gasteiger charge is -2.63. The lowest BCUT2D eigenvalue weighted by atomic mass is 9.49. The van der Waals surface area contributed by atoms with Gasteiger partial charge in [-0.15, -0.1) is 11.3 Å². The quantitative estimate of drug-likeness (QED) is 0.0845. The second-order valence-corrected chi connectivity index (χ2v) is 23.2. The van der Waals surface area contributed by atoms with Crippen LogP contribution >= 0.6 is 22.9 Å². The predicted octanol–water partition coefficient (Wildman–Crippen LogP) is 6.94. The standard InChI is InChI=1S/C54H70ClN9O7S/c1-31-26-62(43-19-17-38(25-57-43)47(67)61-50-53(8,9)51(54(50,10)11)71-40-18-16-37(24-56)41(55)23-40)27-32(2)63(31)20-21-70-29-44(66)60-46(52(5,6)7)49(69)64-28-39(65)22-42(64)48(68)59-33(3)35-12-14-36(15-13-35)45-34(4)58-30-72-45/h12-19,23,25,30-33,39,42,46,50-51,65H,20-22,26-29H2,1-11H3,(H,59,68)(H,60,66)(H,61,67)/t31-,32+,33-,39+,42-,46+,50?,51?/m0/s1. The summed E-state index contributed by atoms with van der Waals surface area (Å²) in [7, 11) is 0. The lowest BCUT2D eigenvalue weighted by molar-refractivity contribution is -0.164. The highest BCUT2D eigenvalue weighted by Crippen LogP contribution is 2.55. The first kappa shape index (κ1) is 54.1. The van der Waals surface area contributed by atoms with E-state index in [9.17, 15) is 29.5 Å².